The van der Waals surface area contributed by atoms with Crippen LogP contribution in [0.3, 0.4) is 0 Å². The summed E-state index contributed by atoms with van der Waals surface area (Å²) in [5.41, 5.74) is 1.08. The number of aliphatic hydroxyl groups is 1. The van der Waals surface area contributed by atoms with Crippen molar-refractivity contribution in [1.82, 2.24) is 4.90 Å². The zero-order valence-electron chi connectivity index (χ0n) is 12.4. The number of thiophene rings is 1. The lowest BCUT2D eigenvalue weighted by atomic mass is 10.3. The third-order valence-electron chi connectivity index (χ3n) is 2.42. The Kier molecular flexibility index (Phi) is 6.60. The summed E-state index contributed by atoms with van der Waals surface area (Å²) in [6.45, 7) is 6.79. The number of hydrogen-bond donors (Lipinski definition) is 1. The van der Waals surface area contributed by atoms with Crippen molar-refractivity contribution in [3.63, 3.8) is 0 Å². The van der Waals surface area contributed by atoms with Gasteiger partial charge in [-0.05, 0) is 17.0 Å². The molecule has 0 aliphatic heterocycles. The highest BCUT2D eigenvalue weighted by molar-refractivity contribution is 8.01. The normalized spacial score (nSPS) is 10.8. The number of carbonyl (C=O) groups excluding carboxylic acids is 1. The molecule has 1 rings (SSSR count). The minimum atomic E-state index is -0.129. The van der Waals surface area contributed by atoms with Crippen molar-refractivity contribution >= 4 is 29.0 Å². The maximum atomic E-state index is 12.0. The van der Waals surface area contributed by atoms with Crippen LogP contribution in [0.25, 0.3) is 0 Å². The first-order valence-corrected chi connectivity index (χ1v) is 8.23. The number of aliphatic hydroxyl groups excluding tert-OH is 1. The van der Waals surface area contributed by atoms with Gasteiger partial charge in [-0.3, -0.25) is 4.79 Å². The van der Waals surface area contributed by atoms with E-state index in [1.807, 2.05) is 18.5 Å². The molecular weight excluding hydrogens is 290 g/mol. The molecule has 0 aliphatic carbocycles. The van der Waals surface area contributed by atoms with E-state index < -0.39 is 0 Å². The van der Waals surface area contributed by atoms with Gasteiger partial charge in [0, 0.05) is 18.3 Å². The Morgan fingerprint density at radius 3 is 2.80 bits per heavy atom. The Labute approximate surface area is 129 Å². The lowest BCUT2D eigenvalue weighted by Gasteiger charge is -2.21. The predicted molar refractivity (Wildman–Crippen MR) is 87.0 cm³/mol. The van der Waals surface area contributed by atoms with Crippen molar-refractivity contribution in [1.29, 1.82) is 0 Å². The van der Waals surface area contributed by atoms with Gasteiger partial charge in [0.25, 0.3) is 0 Å². The lowest BCUT2D eigenvalue weighted by Crippen LogP contribution is -2.29. The van der Waals surface area contributed by atoms with E-state index >= 15 is 0 Å². The molecule has 0 bridgehead atoms. The Morgan fingerprint density at radius 2 is 2.20 bits per heavy atom. The monoisotopic (exact) mass is 311 g/mol. The molecular formula is C15H21NO2S2. The van der Waals surface area contributed by atoms with Crippen LogP contribution in [0.15, 0.2) is 11.4 Å². The van der Waals surface area contributed by atoms with Crippen LogP contribution >= 0.6 is 23.1 Å². The van der Waals surface area contributed by atoms with Crippen LogP contribution in [0.4, 0.5) is 0 Å². The predicted octanol–water partition coefficient (Wildman–Crippen LogP) is 2.58. The summed E-state index contributed by atoms with van der Waals surface area (Å²) >= 11 is 3.19. The molecule has 0 fully saturated rings. The first-order chi connectivity index (χ1) is 9.31. The van der Waals surface area contributed by atoms with Gasteiger partial charge in [0.1, 0.15) is 6.61 Å². The van der Waals surface area contributed by atoms with Crippen LogP contribution in [0.2, 0.25) is 0 Å². The number of amides is 1. The van der Waals surface area contributed by atoms with Crippen molar-refractivity contribution in [2.45, 2.75) is 32.1 Å². The van der Waals surface area contributed by atoms with E-state index in [4.69, 9.17) is 5.11 Å². The molecule has 1 N–H and O–H groups in total. The Bertz CT molecular complexity index is 506. The van der Waals surface area contributed by atoms with Crippen molar-refractivity contribution in [2.75, 3.05) is 19.4 Å². The molecule has 0 atom stereocenters. The molecule has 5 heteroatoms. The van der Waals surface area contributed by atoms with Crippen LogP contribution in [-0.2, 0) is 11.3 Å². The molecule has 110 valence electrons. The molecule has 0 aromatic carbocycles. The van der Waals surface area contributed by atoms with Gasteiger partial charge < -0.3 is 10.0 Å². The molecule has 3 nitrogen and oxygen atoms in total. The third-order valence-corrected chi connectivity index (χ3v) is 4.57. The minimum Gasteiger partial charge on any atom is -0.384 e. The minimum absolute atomic E-state index is 0.103. The van der Waals surface area contributed by atoms with E-state index in [-0.39, 0.29) is 17.3 Å². The first kappa shape index (κ1) is 17.1. The van der Waals surface area contributed by atoms with E-state index in [0.717, 1.165) is 10.4 Å². The van der Waals surface area contributed by atoms with Gasteiger partial charge in [0.05, 0.1) is 10.6 Å². The van der Waals surface area contributed by atoms with Crippen LogP contribution < -0.4 is 0 Å². The van der Waals surface area contributed by atoms with Gasteiger partial charge in [0.2, 0.25) is 5.91 Å². The van der Waals surface area contributed by atoms with Gasteiger partial charge in [-0.25, -0.2) is 0 Å². The number of carbonyl (C=O) groups is 1. The molecule has 1 aromatic heterocycles. The van der Waals surface area contributed by atoms with Crippen LogP contribution in [-0.4, -0.2) is 40.1 Å². The first-order valence-electron chi connectivity index (χ1n) is 6.37. The second-order valence-corrected chi connectivity index (χ2v) is 8.14. The maximum Gasteiger partial charge on any atom is 0.232 e. The quantitative estimate of drug-likeness (QED) is 0.869. The summed E-state index contributed by atoms with van der Waals surface area (Å²) in [7, 11) is 1.82. The number of rotatable bonds is 4. The summed E-state index contributed by atoms with van der Waals surface area (Å²) in [5.74, 6) is 6.14. The van der Waals surface area contributed by atoms with E-state index in [1.54, 1.807) is 16.7 Å². The van der Waals surface area contributed by atoms with Gasteiger partial charge in [-0.2, -0.15) is 0 Å². The molecule has 20 heavy (non-hydrogen) atoms. The highest BCUT2D eigenvalue weighted by Crippen LogP contribution is 2.23. The second-order valence-electron chi connectivity index (χ2n) is 5.43. The average Bonchev–Trinajstić information content (AvgIpc) is 2.80. The second kappa shape index (κ2) is 7.72. The van der Waals surface area contributed by atoms with E-state index in [9.17, 15) is 4.79 Å². The van der Waals surface area contributed by atoms with Crippen LogP contribution in [0, 0.1) is 11.8 Å². The summed E-state index contributed by atoms with van der Waals surface area (Å²) in [5, 5.41) is 10.7. The molecule has 1 heterocycles. The van der Waals surface area contributed by atoms with Crippen molar-refractivity contribution < 1.29 is 9.90 Å². The molecule has 0 saturated carbocycles. The fourth-order valence-corrected chi connectivity index (χ4v) is 2.95. The maximum absolute atomic E-state index is 12.0. The highest BCUT2D eigenvalue weighted by Gasteiger charge is 2.16. The topological polar surface area (TPSA) is 40.5 Å². The van der Waals surface area contributed by atoms with Crippen LogP contribution in [0.1, 0.15) is 31.2 Å². The number of thioether (sulfide) groups is 1. The van der Waals surface area contributed by atoms with E-state index in [1.165, 1.54) is 11.3 Å². The zero-order chi connectivity index (χ0) is 15.2. The SMILES string of the molecule is CN(Cc1csc(C#CCO)c1)C(=O)CSC(C)(C)C. The van der Waals surface area contributed by atoms with Gasteiger partial charge in [0.15, 0.2) is 0 Å². The molecule has 0 saturated heterocycles. The summed E-state index contributed by atoms with van der Waals surface area (Å²) in [4.78, 5) is 14.7. The number of nitrogens with zero attached hydrogens (tertiary/aromatic N) is 1. The third kappa shape index (κ3) is 6.47. The molecule has 1 aromatic rings. The Balaban J connectivity index is 2.51. The smallest absolute Gasteiger partial charge is 0.232 e. The van der Waals surface area contributed by atoms with Crippen molar-refractivity contribution in [3.8, 4) is 11.8 Å². The number of hydrogen-bond acceptors (Lipinski definition) is 4. The highest BCUT2D eigenvalue weighted by atomic mass is 32.2. The standard InChI is InChI=1S/C15H21NO2S2/c1-15(2,3)20-11-14(18)16(4)9-12-8-13(19-10-12)6-5-7-17/h8,10,17H,7,9,11H2,1-4H3. The summed E-state index contributed by atoms with van der Waals surface area (Å²) in [6, 6.07) is 1.97. The van der Waals surface area contributed by atoms with Gasteiger partial charge in [-0.1, -0.05) is 32.6 Å². The summed E-state index contributed by atoms with van der Waals surface area (Å²) in [6.07, 6.45) is 0. The van der Waals surface area contributed by atoms with Crippen molar-refractivity contribution in [2.24, 2.45) is 0 Å². The molecule has 0 radical (unpaired) electrons. The Morgan fingerprint density at radius 1 is 1.50 bits per heavy atom. The van der Waals surface area contributed by atoms with E-state index in [0.29, 0.717) is 12.3 Å². The fourth-order valence-electron chi connectivity index (χ4n) is 1.40. The van der Waals surface area contributed by atoms with Crippen molar-refractivity contribution in [3.05, 3.63) is 21.9 Å². The molecule has 0 aliphatic rings. The lowest BCUT2D eigenvalue weighted by molar-refractivity contribution is -0.127. The molecule has 0 spiro atoms. The Hall–Kier alpha value is -0.960. The molecule has 0 unspecified atom stereocenters. The van der Waals surface area contributed by atoms with Gasteiger partial charge >= 0.3 is 0 Å². The summed E-state index contributed by atoms with van der Waals surface area (Å²) < 4.78 is 0.103. The van der Waals surface area contributed by atoms with Gasteiger partial charge in [-0.15, -0.1) is 23.1 Å². The zero-order valence-corrected chi connectivity index (χ0v) is 14.0. The van der Waals surface area contributed by atoms with E-state index in [2.05, 4.69) is 32.6 Å². The fraction of sp³-hybridized carbons (Fsp3) is 0.533. The molecule has 1 amide bonds. The average molecular weight is 311 g/mol. The largest absolute Gasteiger partial charge is 0.384 e. The van der Waals surface area contributed by atoms with Crippen LogP contribution in [0.5, 0.6) is 0 Å².